The molecule has 6 heavy (non-hydrogen) atoms. The number of nitrogens with zero attached hydrogens (tertiary/aromatic N) is 1. The minimum absolute atomic E-state index is 0.407. The largest absolute Gasteiger partial charge is 0.198 e. The van der Waals surface area contributed by atoms with Crippen LogP contribution in [0.1, 0.15) is 13.3 Å². The van der Waals surface area contributed by atoms with Crippen molar-refractivity contribution in [3.8, 4) is 6.07 Å². The normalized spacial score (nSPS) is 41.3. The number of hydrogen-bond donors (Lipinski definition) is 0. The third kappa shape index (κ3) is 0.386. The van der Waals surface area contributed by atoms with Crippen LogP contribution in [0.5, 0.6) is 0 Å². The first-order chi connectivity index (χ1) is 2.84. The van der Waals surface area contributed by atoms with Crippen molar-refractivity contribution in [2.45, 2.75) is 13.3 Å². The first-order valence-corrected chi connectivity index (χ1v) is 2.24. The van der Waals surface area contributed by atoms with Crippen molar-refractivity contribution in [2.75, 3.05) is 0 Å². The van der Waals surface area contributed by atoms with Crippen LogP contribution < -0.4 is 0 Å². The third-order valence-corrected chi connectivity index (χ3v) is 1.28. The average Bonchev–Trinajstić information content (AvgIpc) is 2.19. The van der Waals surface area contributed by atoms with E-state index in [1.807, 2.05) is 0 Å². The molecule has 0 spiro atoms. The fraction of sp³-hybridized carbons (Fsp3) is 0.800. The quantitative estimate of drug-likeness (QED) is 0.429. The van der Waals surface area contributed by atoms with Gasteiger partial charge < -0.3 is 0 Å². The van der Waals surface area contributed by atoms with Gasteiger partial charge in [-0.3, -0.25) is 0 Å². The summed E-state index contributed by atoms with van der Waals surface area (Å²) in [5, 5.41) is 8.13. The van der Waals surface area contributed by atoms with Gasteiger partial charge in [0, 0.05) is 5.92 Å². The van der Waals surface area contributed by atoms with Crippen LogP contribution in [0.2, 0.25) is 0 Å². The molecule has 0 radical (unpaired) electrons. The number of rotatable bonds is 0. The van der Waals surface area contributed by atoms with Gasteiger partial charge in [0.15, 0.2) is 0 Å². The van der Waals surface area contributed by atoms with Crippen LogP contribution in [0, 0.1) is 23.2 Å². The van der Waals surface area contributed by atoms with Gasteiger partial charge in [0.1, 0.15) is 0 Å². The van der Waals surface area contributed by atoms with E-state index in [4.69, 9.17) is 5.26 Å². The Bertz CT molecular complexity index is 90.6. The molecule has 0 aromatic heterocycles. The Kier molecular flexibility index (Phi) is 0.597. The Labute approximate surface area is 37.6 Å². The topological polar surface area (TPSA) is 23.8 Å². The summed E-state index contributed by atoms with van der Waals surface area (Å²) in [6.07, 6.45) is 1.14. The molecule has 0 bridgehead atoms. The second-order valence-electron chi connectivity index (χ2n) is 1.95. The van der Waals surface area contributed by atoms with E-state index in [0.29, 0.717) is 11.8 Å². The summed E-state index contributed by atoms with van der Waals surface area (Å²) in [7, 11) is 0. The predicted molar refractivity (Wildman–Crippen MR) is 22.9 cm³/mol. The average molecular weight is 81.1 g/mol. The van der Waals surface area contributed by atoms with E-state index < -0.39 is 0 Å². The highest BCUT2D eigenvalue weighted by molar-refractivity contribution is 4.98. The van der Waals surface area contributed by atoms with Gasteiger partial charge in [-0.1, -0.05) is 6.92 Å². The van der Waals surface area contributed by atoms with Gasteiger partial charge in [-0.05, 0) is 12.3 Å². The Morgan fingerprint density at radius 2 is 2.33 bits per heavy atom. The van der Waals surface area contributed by atoms with E-state index >= 15 is 0 Å². The van der Waals surface area contributed by atoms with E-state index in [2.05, 4.69) is 13.0 Å². The molecule has 1 nitrogen and oxygen atoms in total. The first-order valence-electron chi connectivity index (χ1n) is 2.24. The van der Waals surface area contributed by atoms with Gasteiger partial charge in [0.25, 0.3) is 0 Å². The number of nitriles is 1. The summed E-state index contributed by atoms with van der Waals surface area (Å²) in [6, 6.07) is 2.19. The monoisotopic (exact) mass is 81.1 g/mol. The van der Waals surface area contributed by atoms with Crippen molar-refractivity contribution >= 4 is 0 Å². The standard InChI is InChI=1S/C5H7N/c1-4-2-5(4)3-6/h4-5H,2H2,1H3/t4?,5-/m1/s1. The molecule has 1 unspecified atom stereocenters. The summed E-state index contributed by atoms with van der Waals surface area (Å²) in [4.78, 5) is 0. The summed E-state index contributed by atoms with van der Waals surface area (Å²) < 4.78 is 0. The first kappa shape index (κ1) is 3.67. The molecule has 1 aliphatic rings. The second kappa shape index (κ2) is 0.975. The van der Waals surface area contributed by atoms with Crippen LogP contribution in [0.15, 0.2) is 0 Å². The van der Waals surface area contributed by atoms with E-state index in [1.165, 1.54) is 0 Å². The maximum absolute atomic E-state index is 8.13. The minimum atomic E-state index is 0.407. The molecule has 0 N–H and O–H groups in total. The Morgan fingerprint density at radius 3 is 2.33 bits per heavy atom. The van der Waals surface area contributed by atoms with E-state index in [0.717, 1.165) is 6.42 Å². The molecule has 0 heterocycles. The van der Waals surface area contributed by atoms with Crippen LogP contribution in [0.3, 0.4) is 0 Å². The van der Waals surface area contributed by atoms with Crippen molar-refractivity contribution in [2.24, 2.45) is 11.8 Å². The molecule has 0 amide bonds. The minimum Gasteiger partial charge on any atom is -0.198 e. The second-order valence-corrected chi connectivity index (χ2v) is 1.95. The molecule has 1 aliphatic carbocycles. The third-order valence-electron chi connectivity index (χ3n) is 1.28. The molecule has 32 valence electrons. The lowest BCUT2D eigenvalue weighted by Gasteiger charge is -1.64. The van der Waals surface area contributed by atoms with Crippen molar-refractivity contribution < 1.29 is 0 Å². The highest BCUT2D eigenvalue weighted by Crippen LogP contribution is 2.36. The van der Waals surface area contributed by atoms with E-state index in [-0.39, 0.29) is 0 Å². The molecule has 1 saturated carbocycles. The van der Waals surface area contributed by atoms with E-state index in [9.17, 15) is 0 Å². The van der Waals surface area contributed by atoms with E-state index in [1.54, 1.807) is 0 Å². The Hall–Kier alpha value is -0.510. The lowest BCUT2D eigenvalue weighted by atomic mass is 10.4. The molecule has 1 rings (SSSR count). The molecule has 1 heteroatoms. The van der Waals surface area contributed by atoms with Crippen molar-refractivity contribution in [3.05, 3.63) is 0 Å². The van der Waals surface area contributed by atoms with Crippen molar-refractivity contribution in [3.63, 3.8) is 0 Å². The van der Waals surface area contributed by atoms with Crippen molar-refractivity contribution in [1.82, 2.24) is 0 Å². The van der Waals surface area contributed by atoms with Crippen LogP contribution in [0.4, 0.5) is 0 Å². The maximum Gasteiger partial charge on any atom is 0.0658 e. The molecule has 2 atom stereocenters. The SMILES string of the molecule is CC1C[C@@H]1C#N. The molecular weight excluding hydrogens is 74.1 g/mol. The van der Waals surface area contributed by atoms with Gasteiger partial charge in [-0.25, -0.2) is 0 Å². The molecular formula is C5H7N. The summed E-state index contributed by atoms with van der Waals surface area (Å²) >= 11 is 0. The van der Waals surface area contributed by atoms with Crippen molar-refractivity contribution in [1.29, 1.82) is 5.26 Å². The molecule has 0 aliphatic heterocycles. The highest BCUT2D eigenvalue weighted by atomic mass is 14.4. The molecule has 0 aromatic carbocycles. The zero-order valence-corrected chi connectivity index (χ0v) is 3.81. The van der Waals surface area contributed by atoms with Crippen LogP contribution in [0.25, 0.3) is 0 Å². The predicted octanol–water partition coefficient (Wildman–Crippen LogP) is 1.17. The van der Waals surface area contributed by atoms with Crippen LogP contribution in [-0.2, 0) is 0 Å². The highest BCUT2D eigenvalue weighted by Gasteiger charge is 2.31. The van der Waals surface area contributed by atoms with Gasteiger partial charge in [-0.15, -0.1) is 0 Å². The smallest absolute Gasteiger partial charge is 0.0658 e. The molecule has 0 saturated heterocycles. The summed E-state index contributed by atoms with van der Waals surface area (Å²) in [5.41, 5.74) is 0. The Balaban J connectivity index is 2.31. The van der Waals surface area contributed by atoms with Gasteiger partial charge in [0.05, 0.1) is 6.07 Å². The molecule has 1 fully saturated rings. The van der Waals surface area contributed by atoms with Gasteiger partial charge in [-0.2, -0.15) is 5.26 Å². The maximum atomic E-state index is 8.13. The summed E-state index contributed by atoms with van der Waals surface area (Å²) in [5.74, 6) is 1.11. The summed E-state index contributed by atoms with van der Waals surface area (Å²) in [6.45, 7) is 2.11. The Morgan fingerprint density at radius 1 is 1.83 bits per heavy atom. The zero-order valence-electron chi connectivity index (χ0n) is 3.81. The fourth-order valence-electron chi connectivity index (χ4n) is 0.502. The van der Waals surface area contributed by atoms with Gasteiger partial charge >= 0.3 is 0 Å². The van der Waals surface area contributed by atoms with Gasteiger partial charge in [0.2, 0.25) is 0 Å². The number of hydrogen-bond acceptors (Lipinski definition) is 1. The fourth-order valence-corrected chi connectivity index (χ4v) is 0.502. The lowest BCUT2D eigenvalue weighted by molar-refractivity contribution is 0.908. The zero-order chi connectivity index (χ0) is 4.57. The van der Waals surface area contributed by atoms with Crippen LogP contribution >= 0.6 is 0 Å². The van der Waals surface area contributed by atoms with Crippen LogP contribution in [-0.4, -0.2) is 0 Å². The lowest BCUT2D eigenvalue weighted by Crippen LogP contribution is -1.63. The molecule has 0 aromatic rings.